The molecule has 0 spiro atoms. The van der Waals surface area contributed by atoms with Crippen LogP contribution in [0.25, 0.3) is 22.3 Å². The summed E-state index contributed by atoms with van der Waals surface area (Å²) < 4.78 is 15.3. The Morgan fingerprint density at radius 1 is 0.590 bits per heavy atom. The van der Waals surface area contributed by atoms with E-state index >= 15 is 4.57 Å². The number of hydrogen-bond donors (Lipinski definition) is 0. The smallest absolute Gasteiger partial charge is 0.172 e. The third-order valence-electron chi connectivity index (χ3n) is 8.96. The van der Waals surface area contributed by atoms with Gasteiger partial charge in [-0.15, -0.1) is 0 Å². The van der Waals surface area contributed by atoms with Crippen molar-refractivity contribution in [2.75, 3.05) is 0 Å². The van der Waals surface area contributed by atoms with Gasteiger partial charge in [0, 0.05) is 15.9 Å². The Labute approximate surface area is 229 Å². The molecule has 0 radical (unpaired) electrons. The average Bonchev–Trinajstić information content (AvgIpc) is 3.45. The SMILES string of the molecule is O=P1(c2ccccc2)c2ccccc2-c2cc3c(cc21)-c1ccccc1C3(c1ccccc1)C1C=CC=CC1. The van der Waals surface area contributed by atoms with Crippen molar-refractivity contribution in [1.82, 2.24) is 0 Å². The van der Waals surface area contributed by atoms with Crippen molar-refractivity contribution in [1.29, 1.82) is 0 Å². The van der Waals surface area contributed by atoms with Crippen molar-refractivity contribution < 1.29 is 4.57 Å². The minimum absolute atomic E-state index is 0.267. The van der Waals surface area contributed by atoms with Crippen LogP contribution in [-0.2, 0) is 9.98 Å². The molecule has 0 amide bonds. The molecule has 1 heterocycles. The Kier molecular flexibility index (Phi) is 4.91. The highest BCUT2D eigenvalue weighted by Crippen LogP contribution is 2.61. The highest BCUT2D eigenvalue weighted by Gasteiger charge is 2.51. The van der Waals surface area contributed by atoms with Crippen LogP contribution in [0.4, 0.5) is 0 Å². The van der Waals surface area contributed by atoms with Gasteiger partial charge in [-0.3, -0.25) is 0 Å². The predicted octanol–water partition coefficient (Wildman–Crippen LogP) is 7.75. The topological polar surface area (TPSA) is 17.1 Å². The van der Waals surface area contributed by atoms with Crippen LogP contribution in [0.15, 0.2) is 146 Å². The van der Waals surface area contributed by atoms with Crippen molar-refractivity contribution >= 4 is 23.1 Å². The van der Waals surface area contributed by atoms with Crippen LogP contribution >= 0.6 is 7.14 Å². The van der Waals surface area contributed by atoms with Crippen LogP contribution in [-0.4, -0.2) is 0 Å². The summed E-state index contributed by atoms with van der Waals surface area (Å²) in [6.07, 6.45) is 10.0. The second-order valence-corrected chi connectivity index (χ2v) is 13.5. The lowest BCUT2D eigenvalue weighted by atomic mass is 9.62. The zero-order chi connectivity index (χ0) is 26.0. The molecular formula is C37H27OP. The lowest BCUT2D eigenvalue weighted by molar-refractivity contribution is 0.457. The third kappa shape index (κ3) is 2.94. The lowest BCUT2D eigenvalue weighted by Gasteiger charge is -2.40. The lowest BCUT2D eigenvalue weighted by Crippen LogP contribution is -2.35. The van der Waals surface area contributed by atoms with Gasteiger partial charge in [0.25, 0.3) is 0 Å². The Balaban J connectivity index is 1.50. The van der Waals surface area contributed by atoms with Crippen LogP contribution in [0, 0.1) is 5.92 Å². The van der Waals surface area contributed by atoms with Crippen molar-refractivity contribution in [3.63, 3.8) is 0 Å². The second-order valence-electron chi connectivity index (χ2n) is 10.8. The minimum Gasteiger partial charge on any atom is -0.309 e. The predicted molar refractivity (Wildman–Crippen MR) is 163 cm³/mol. The van der Waals surface area contributed by atoms with E-state index in [1.807, 2.05) is 36.4 Å². The summed E-state index contributed by atoms with van der Waals surface area (Å²) in [4.78, 5) is 0. The zero-order valence-electron chi connectivity index (χ0n) is 21.5. The molecular weight excluding hydrogens is 491 g/mol. The first-order valence-electron chi connectivity index (χ1n) is 13.7. The van der Waals surface area contributed by atoms with E-state index in [0.29, 0.717) is 0 Å². The van der Waals surface area contributed by atoms with Crippen molar-refractivity contribution in [3.05, 3.63) is 162 Å². The number of rotatable bonds is 3. The standard InChI is InChI=1S/C37H27OP/c38-39(28-18-8-3-9-19-28)35-23-13-11-21-30(35)32-24-34-31(25-36(32)39)29-20-10-12-22-33(29)37(34,26-14-4-1-5-15-26)27-16-6-2-7-17-27/h1-16,18-25,27H,17H2. The molecule has 0 saturated heterocycles. The maximum absolute atomic E-state index is 15.3. The van der Waals surface area contributed by atoms with E-state index in [-0.39, 0.29) is 11.3 Å². The first kappa shape index (κ1) is 22.8. The van der Waals surface area contributed by atoms with Crippen LogP contribution in [0.3, 0.4) is 0 Å². The van der Waals surface area contributed by atoms with Gasteiger partial charge in [0.2, 0.25) is 0 Å². The maximum atomic E-state index is 15.3. The first-order chi connectivity index (χ1) is 19.2. The summed E-state index contributed by atoms with van der Waals surface area (Å²) in [7, 11) is -3.02. The average molecular weight is 519 g/mol. The molecule has 0 aromatic heterocycles. The van der Waals surface area contributed by atoms with Crippen LogP contribution in [0.2, 0.25) is 0 Å². The zero-order valence-corrected chi connectivity index (χ0v) is 22.4. The first-order valence-corrected chi connectivity index (χ1v) is 15.4. The summed E-state index contributed by atoms with van der Waals surface area (Å²) >= 11 is 0. The van der Waals surface area contributed by atoms with Crippen LogP contribution in [0.5, 0.6) is 0 Å². The number of allylic oxidation sites excluding steroid dienone is 4. The monoisotopic (exact) mass is 518 g/mol. The molecule has 186 valence electrons. The summed E-state index contributed by atoms with van der Waals surface area (Å²) in [5.74, 6) is 0.267. The fraction of sp³-hybridized carbons (Fsp3) is 0.0811. The second kappa shape index (κ2) is 8.40. The third-order valence-corrected chi connectivity index (χ3v) is 12.1. The van der Waals surface area contributed by atoms with E-state index in [1.54, 1.807) is 0 Å². The van der Waals surface area contributed by atoms with Gasteiger partial charge in [0.1, 0.15) is 0 Å². The fourth-order valence-electron chi connectivity index (χ4n) is 7.37. The quantitative estimate of drug-likeness (QED) is 0.219. The number of hydrogen-bond acceptors (Lipinski definition) is 1. The normalized spacial score (nSPS) is 23.6. The van der Waals surface area contributed by atoms with Gasteiger partial charge in [-0.05, 0) is 63.4 Å². The summed E-state index contributed by atoms with van der Waals surface area (Å²) in [6, 6.07) is 42.9. The largest absolute Gasteiger partial charge is 0.309 e. The molecule has 0 bridgehead atoms. The molecule has 3 unspecified atom stereocenters. The Hall–Kier alpha value is -4.19. The Bertz CT molecular complexity index is 1870. The van der Waals surface area contributed by atoms with E-state index in [1.165, 1.54) is 27.8 Å². The van der Waals surface area contributed by atoms with Gasteiger partial charge in [-0.1, -0.05) is 133 Å². The van der Waals surface area contributed by atoms with E-state index in [9.17, 15) is 0 Å². The van der Waals surface area contributed by atoms with Gasteiger partial charge in [-0.2, -0.15) is 0 Å². The van der Waals surface area contributed by atoms with Gasteiger partial charge in [0.05, 0.1) is 5.41 Å². The molecule has 39 heavy (non-hydrogen) atoms. The van der Waals surface area contributed by atoms with Crippen LogP contribution < -0.4 is 15.9 Å². The molecule has 3 atom stereocenters. The number of benzene rings is 5. The fourth-order valence-corrected chi connectivity index (χ4v) is 10.4. The molecule has 0 N–H and O–H groups in total. The molecule has 2 aliphatic carbocycles. The summed E-state index contributed by atoms with van der Waals surface area (Å²) in [6.45, 7) is 0. The summed E-state index contributed by atoms with van der Waals surface area (Å²) in [5, 5.41) is 2.82. The van der Waals surface area contributed by atoms with E-state index in [2.05, 4.69) is 109 Å². The van der Waals surface area contributed by atoms with Gasteiger partial charge in [0.15, 0.2) is 7.14 Å². The molecule has 0 fully saturated rings. The van der Waals surface area contributed by atoms with Crippen molar-refractivity contribution in [2.24, 2.45) is 5.92 Å². The van der Waals surface area contributed by atoms with Gasteiger partial charge < -0.3 is 4.57 Å². The van der Waals surface area contributed by atoms with Crippen molar-refractivity contribution in [3.8, 4) is 22.3 Å². The van der Waals surface area contributed by atoms with E-state index < -0.39 is 7.14 Å². The van der Waals surface area contributed by atoms with E-state index in [4.69, 9.17) is 0 Å². The van der Waals surface area contributed by atoms with Gasteiger partial charge in [-0.25, -0.2) is 0 Å². The van der Waals surface area contributed by atoms with Crippen molar-refractivity contribution in [2.45, 2.75) is 11.8 Å². The molecule has 8 rings (SSSR count). The number of fused-ring (bicyclic) bond motifs is 6. The molecule has 1 aliphatic heterocycles. The Morgan fingerprint density at radius 2 is 1.28 bits per heavy atom. The summed E-state index contributed by atoms with van der Waals surface area (Å²) in [5.41, 5.74) is 8.28. The molecule has 1 nitrogen and oxygen atoms in total. The highest BCUT2D eigenvalue weighted by molar-refractivity contribution is 7.86. The molecule has 5 aromatic carbocycles. The highest BCUT2D eigenvalue weighted by atomic mass is 31.2. The van der Waals surface area contributed by atoms with E-state index in [0.717, 1.165) is 33.5 Å². The van der Waals surface area contributed by atoms with Gasteiger partial charge >= 0.3 is 0 Å². The minimum atomic E-state index is -3.02. The van der Waals surface area contributed by atoms with Crippen LogP contribution in [0.1, 0.15) is 23.1 Å². The Morgan fingerprint density at radius 3 is 2.05 bits per heavy atom. The molecule has 3 aliphatic rings. The molecule has 2 heteroatoms. The molecule has 5 aromatic rings. The maximum Gasteiger partial charge on any atom is 0.172 e. The molecule has 0 saturated carbocycles.